The summed E-state index contributed by atoms with van der Waals surface area (Å²) in [6, 6.07) is 19.6. The van der Waals surface area contributed by atoms with Crippen LogP contribution in [-0.2, 0) is 17.5 Å². The van der Waals surface area contributed by atoms with Crippen LogP contribution in [0.5, 0.6) is 0 Å². The predicted octanol–water partition coefficient (Wildman–Crippen LogP) is 3.85. The average Bonchev–Trinajstić information content (AvgIpc) is 3.13. The van der Waals surface area contributed by atoms with Gasteiger partial charge >= 0.3 is 6.18 Å². The number of amides is 1. The largest absolute Gasteiger partial charge is 0.435 e. The number of benzene rings is 2. The highest BCUT2D eigenvalue weighted by atomic mass is 19.4. The van der Waals surface area contributed by atoms with Gasteiger partial charge in [-0.2, -0.15) is 18.3 Å². The third kappa shape index (κ3) is 4.75. The number of nitrogens with one attached hydrogen (secondary N) is 1. The van der Waals surface area contributed by atoms with Crippen LogP contribution in [-0.4, -0.2) is 22.2 Å². The average molecular weight is 373 g/mol. The number of halogens is 3. The van der Waals surface area contributed by atoms with Gasteiger partial charge in [-0.25, -0.2) is 0 Å². The van der Waals surface area contributed by atoms with Crippen LogP contribution in [0.4, 0.5) is 13.2 Å². The smallest absolute Gasteiger partial charge is 0.353 e. The van der Waals surface area contributed by atoms with Crippen LogP contribution in [0, 0.1) is 0 Å². The molecule has 1 N–H and O–H groups in total. The van der Waals surface area contributed by atoms with E-state index < -0.39 is 17.8 Å². The quantitative estimate of drug-likeness (QED) is 0.713. The minimum atomic E-state index is -4.47. The van der Waals surface area contributed by atoms with Crippen LogP contribution in [0.25, 0.3) is 0 Å². The third-order valence-electron chi connectivity index (χ3n) is 4.10. The van der Waals surface area contributed by atoms with E-state index in [0.29, 0.717) is 0 Å². The summed E-state index contributed by atoms with van der Waals surface area (Å²) in [4.78, 5) is 12.8. The molecule has 0 aliphatic heterocycles. The molecule has 1 aromatic heterocycles. The minimum Gasteiger partial charge on any atom is -0.353 e. The van der Waals surface area contributed by atoms with Gasteiger partial charge in [0.2, 0.25) is 5.91 Å². The van der Waals surface area contributed by atoms with Crippen molar-refractivity contribution in [3.05, 3.63) is 89.7 Å². The van der Waals surface area contributed by atoms with Gasteiger partial charge in [0.05, 0.1) is 12.5 Å². The maximum Gasteiger partial charge on any atom is 0.435 e. The lowest BCUT2D eigenvalue weighted by Crippen LogP contribution is -2.32. The summed E-state index contributed by atoms with van der Waals surface area (Å²) in [5, 5.41) is 6.28. The Bertz CT molecular complexity index is 837. The van der Waals surface area contributed by atoms with Gasteiger partial charge in [-0.15, -0.1) is 0 Å². The molecule has 0 saturated heterocycles. The summed E-state index contributed by atoms with van der Waals surface area (Å²) in [6.45, 7) is 0.325. The Morgan fingerprint density at radius 2 is 1.52 bits per heavy atom. The minimum absolute atomic E-state index is 0.151. The zero-order chi connectivity index (χ0) is 19.3. The van der Waals surface area contributed by atoms with E-state index in [1.54, 1.807) is 0 Å². The van der Waals surface area contributed by atoms with Crippen molar-refractivity contribution in [1.29, 1.82) is 0 Å². The van der Waals surface area contributed by atoms with Gasteiger partial charge in [-0.05, 0) is 17.2 Å². The van der Waals surface area contributed by atoms with Gasteiger partial charge in [-0.3, -0.25) is 9.48 Å². The summed E-state index contributed by atoms with van der Waals surface area (Å²) < 4.78 is 38.9. The number of nitrogens with zero attached hydrogens (tertiary/aromatic N) is 2. The number of rotatable bonds is 6. The van der Waals surface area contributed by atoms with Crippen LogP contribution >= 0.6 is 0 Å². The molecule has 1 amide bonds. The molecule has 2 aromatic carbocycles. The molecule has 0 atom stereocenters. The number of hydrogen-bond acceptors (Lipinski definition) is 2. The molecule has 0 aliphatic rings. The summed E-state index contributed by atoms with van der Waals surface area (Å²) >= 11 is 0. The Morgan fingerprint density at radius 3 is 2.00 bits per heavy atom. The van der Waals surface area contributed by atoms with E-state index in [1.165, 1.54) is 10.9 Å². The molecule has 0 bridgehead atoms. The maximum atomic E-state index is 12.8. The highest BCUT2D eigenvalue weighted by molar-refractivity contribution is 5.87. The molecule has 1 heterocycles. The fourth-order valence-corrected chi connectivity index (χ4v) is 2.82. The zero-order valence-corrected chi connectivity index (χ0v) is 14.4. The van der Waals surface area contributed by atoms with Gasteiger partial charge in [0.1, 0.15) is 0 Å². The van der Waals surface area contributed by atoms with E-state index in [2.05, 4.69) is 10.4 Å². The predicted molar refractivity (Wildman–Crippen MR) is 95.0 cm³/mol. The van der Waals surface area contributed by atoms with E-state index in [-0.39, 0.29) is 19.0 Å². The molecule has 0 fully saturated rings. The first-order chi connectivity index (χ1) is 12.9. The van der Waals surface area contributed by atoms with E-state index in [4.69, 9.17) is 0 Å². The molecule has 0 spiro atoms. The lowest BCUT2D eigenvalue weighted by Gasteiger charge is -2.18. The first-order valence-electron chi connectivity index (χ1n) is 8.43. The monoisotopic (exact) mass is 373 g/mol. The number of aromatic nitrogens is 2. The number of carbonyl (C=O) groups excluding carboxylic acids is 1. The molecule has 0 unspecified atom stereocenters. The van der Waals surface area contributed by atoms with Crippen molar-refractivity contribution in [3.63, 3.8) is 0 Å². The second-order valence-corrected chi connectivity index (χ2v) is 6.01. The van der Waals surface area contributed by atoms with E-state index in [0.717, 1.165) is 17.2 Å². The van der Waals surface area contributed by atoms with Gasteiger partial charge in [0.25, 0.3) is 0 Å². The molecule has 3 rings (SSSR count). The molecule has 7 heteroatoms. The van der Waals surface area contributed by atoms with Crippen LogP contribution in [0.2, 0.25) is 0 Å². The molecular weight excluding hydrogens is 355 g/mol. The Labute approximate surface area is 154 Å². The highest BCUT2D eigenvalue weighted by Crippen LogP contribution is 2.27. The van der Waals surface area contributed by atoms with Crippen molar-refractivity contribution in [2.45, 2.75) is 18.6 Å². The van der Waals surface area contributed by atoms with Crippen LogP contribution in [0.1, 0.15) is 22.7 Å². The molecule has 3 aromatic rings. The zero-order valence-electron chi connectivity index (χ0n) is 14.4. The van der Waals surface area contributed by atoms with Crippen molar-refractivity contribution in [1.82, 2.24) is 15.1 Å². The van der Waals surface area contributed by atoms with E-state index in [9.17, 15) is 18.0 Å². The number of hydrogen-bond donors (Lipinski definition) is 1. The highest BCUT2D eigenvalue weighted by Gasteiger charge is 2.33. The van der Waals surface area contributed by atoms with Crippen molar-refractivity contribution >= 4 is 5.91 Å². The van der Waals surface area contributed by atoms with Gasteiger partial charge in [0, 0.05) is 12.7 Å². The summed E-state index contributed by atoms with van der Waals surface area (Å²) in [5.41, 5.74) is 0.750. The van der Waals surface area contributed by atoms with E-state index in [1.807, 2.05) is 60.7 Å². The van der Waals surface area contributed by atoms with Crippen molar-refractivity contribution in [2.75, 3.05) is 6.54 Å². The SMILES string of the molecule is O=C(NCCn1ccc(C(F)(F)F)n1)C(c1ccccc1)c1ccccc1. The molecule has 4 nitrogen and oxygen atoms in total. The van der Waals surface area contributed by atoms with Gasteiger partial charge in [-0.1, -0.05) is 60.7 Å². The van der Waals surface area contributed by atoms with Gasteiger partial charge in [0.15, 0.2) is 5.69 Å². The van der Waals surface area contributed by atoms with Crippen molar-refractivity contribution < 1.29 is 18.0 Å². The Morgan fingerprint density at radius 1 is 0.963 bits per heavy atom. The lowest BCUT2D eigenvalue weighted by atomic mass is 9.90. The lowest BCUT2D eigenvalue weighted by molar-refractivity contribution is -0.141. The second-order valence-electron chi connectivity index (χ2n) is 6.01. The summed E-state index contributed by atoms with van der Waals surface area (Å²) in [5.74, 6) is -0.702. The third-order valence-corrected chi connectivity index (χ3v) is 4.10. The van der Waals surface area contributed by atoms with Crippen molar-refractivity contribution in [2.24, 2.45) is 0 Å². The number of carbonyl (C=O) groups is 1. The molecule has 27 heavy (non-hydrogen) atoms. The normalized spacial score (nSPS) is 11.6. The fourth-order valence-electron chi connectivity index (χ4n) is 2.82. The Hall–Kier alpha value is -3.09. The first kappa shape index (κ1) is 18.7. The molecular formula is C20H18F3N3O. The summed E-state index contributed by atoms with van der Waals surface area (Å²) in [6.07, 6.45) is -3.22. The molecule has 0 saturated carbocycles. The number of alkyl halides is 3. The Balaban J connectivity index is 1.68. The maximum absolute atomic E-state index is 12.8. The topological polar surface area (TPSA) is 46.9 Å². The second kappa shape index (κ2) is 8.07. The van der Waals surface area contributed by atoms with E-state index >= 15 is 0 Å². The molecule has 0 aliphatic carbocycles. The van der Waals surface area contributed by atoms with Crippen LogP contribution < -0.4 is 5.32 Å². The van der Waals surface area contributed by atoms with Crippen LogP contribution in [0.3, 0.4) is 0 Å². The van der Waals surface area contributed by atoms with Crippen molar-refractivity contribution in [3.8, 4) is 0 Å². The van der Waals surface area contributed by atoms with Crippen LogP contribution in [0.15, 0.2) is 72.9 Å². The molecule has 140 valence electrons. The fraction of sp³-hybridized carbons (Fsp3) is 0.200. The Kier molecular flexibility index (Phi) is 5.59. The standard InChI is InChI=1S/C20H18F3N3O/c21-20(22,23)17-11-13-26(25-17)14-12-24-19(27)18(15-7-3-1-4-8-15)16-9-5-2-6-10-16/h1-11,13,18H,12,14H2,(H,24,27). The van der Waals surface area contributed by atoms with Gasteiger partial charge < -0.3 is 5.32 Å². The first-order valence-corrected chi connectivity index (χ1v) is 8.43. The molecule has 0 radical (unpaired) electrons. The summed E-state index contributed by atoms with van der Waals surface area (Å²) in [7, 11) is 0.